The quantitative estimate of drug-likeness (QED) is 0.301. The van der Waals surface area contributed by atoms with Gasteiger partial charge >= 0.3 is 0 Å². The normalized spacial score (nSPS) is 12.6. The third-order valence-corrected chi connectivity index (χ3v) is 5.85. The molecule has 34 heavy (non-hydrogen) atoms. The number of carbonyl (C=O) groups excluding carboxylic acids is 3. The van der Waals surface area contributed by atoms with E-state index in [4.69, 9.17) is 4.74 Å². The average molecular weight is 457 g/mol. The van der Waals surface area contributed by atoms with E-state index in [0.29, 0.717) is 35.6 Å². The molecule has 0 aromatic heterocycles. The summed E-state index contributed by atoms with van der Waals surface area (Å²) in [6, 6.07) is 23.8. The molecule has 6 nitrogen and oxygen atoms in total. The van der Waals surface area contributed by atoms with Gasteiger partial charge in [-0.1, -0.05) is 62.2 Å². The number of benzene rings is 3. The van der Waals surface area contributed by atoms with Crippen molar-refractivity contribution in [2.75, 3.05) is 11.6 Å². The highest BCUT2D eigenvalue weighted by atomic mass is 16.5. The van der Waals surface area contributed by atoms with Crippen molar-refractivity contribution in [1.82, 2.24) is 4.90 Å². The van der Waals surface area contributed by atoms with E-state index in [2.05, 4.69) is 6.92 Å². The maximum atomic E-state index is 13.1. The van der Waals surface area contributed by atoms with Gasteiger partial charge in [0.1, 0.15) is 19.0 Å². The molecule has 0 fully saturated rings. The minimum Gasteiger partial charge on any atom is -0.489 e. The number of unbranched alkanes of at least 4 members (excludes halogenated alkanes) is 2. The number of ether oxygens (including phenoxy) is 1. The molecule has 6 heteroatoms. The van der Waals surface area contributed by atoms with Crippen LogP contribution in [0.25, 0.3) is 0 Å². The van der Waals surface area contributed by atoms with E-state index in [1.165, 1.54) is 4.90 Å². The van der Waals surface area contributed by atoms with E-state index >= 15 is 0 Å². The van der Waals surface area contributed by atoms with Crippen LogP contribution in [0.3, 0.4) is 0 Å². The Morgan fingerprint density at radius 1 is 0.824 bits per heavy atom. The molecule has 3 aromatic rings. The van der Waals surface area contributed by atoms with Crippen molar-refractivity contribution in [2.45, 2.75) is 39.2 Å². The molecule has 0 saturated heterocycles. The van der Waals surface area contributed by atoms with Crippen molar-refractivity contribution < 1.29 is 19.1 Å². The van der Waals surface area contributed by atoms with Crippen LogP contribution in [0.4, 0.5) is 5.69 Å². The van der Waals surface area contributed by atoms with Crippen LogP contribution in [-0.4, -0.2) is 29.3 Å². The SMILES string of the molecule is CCCCCC(=O)N(CN1C(=O)c2ccccc2C1=O)c1ccc(OCc2ccccc2)cc1. The number of nitrogens with zero attached hydrogens (tertiary/aromatic N) is 2. The van der Waals surface area contributed by atoms with Crippen molar-refractivity contribution >= 4 is 23.4 Å². The summed E-state index contributed by atoms with van der Waals surface area (Å²) in [6.45, 7) is 2.39. The molecule has 1 heterocycles. The fourth-order valence-electron chi connectivity index (χ4n) is 3.94. The van der Waals surface area contributed by atoms with E-state index in [0.717, 1.165) is 29.7 Å². The Hall–Kier alpha value is -3.93. The van der Waals surface area contributed by atoms with Gasteiger partial charge in [0.15, 0.2) is 0 Å². The lowest BCUT2D eigenvalue weighted by Gasteiger charge is -2.27. The molecule has 1 aliphatic rings. The van der Waals surface area contributed by atoms with E-state index in [1.54, 1.807) is 48.5 Å². The Morgan fingerprint density at radius 3 is 2.06 bits per heavy atom. The van der Waals surface area contributed by atoms with Crippen LogP contribution < -0.4 is 9.64 Å². The van der Waals surface area contributed by atoms with E-state index in [9.17, 15) is 14.4 Å². The number of rotatable bonds is 10. The van der Waals surface area contributed by atoms with Gasteiger partial charge in [0.05, 0.1) is 11.1 Å². The standard InChI is InChI=1S/C28H28N2O4/c1-2-3-5-14-26(31)29(20-30-27(32)24-12-8-9-13-25(24)28(30)33)22-15-17-23(18-16-22)34-19-21-10-6-4-7-11-21/h4,6-13,15-18H,2-3,5,14,19-20H2,1H3. The highest BCUT2D eigenvalue weighted by molar-refractivity contribution is 6.21. The van der Waals surface area contributed by atoms with Crippen LogP contribution in [0.5, 0.6) is 5.75 Å². The molecule has 0 aliphatic carbocycles. The predicted octanol–water partition coefficient (Wildman–Crippen LogP) is 5.43. The van der Waals surface area contributed by atoms with Gasteiger partial charge in [-0.25, -0.2) is 0 Å². The molecule has 174 valence electrons. The molecule has 3 amide bonds. The Balaban J connectivity index is 1.51. The van der Waals surface area contributed by atoms with Crippen LogP contribution in [0.15, 0.2) is 78.9 Å². The third kappa shape index (κ3) is 5.17. The smallest absolute Gasteiger partial charge is 0.263 e. The van der Waals surface area contributed by atoms with Crippen molar-refractivity contribution in [1.29, 1.82) is 0 Å². The zero-order valence-electron chi connectivity index (χ0n) is 19.3. The summed E-state index contributed by atoms with van der Waals surface area (Å²) in [5, 5.41) is 0. The van der Waals surface area contributed by atoms with Crippen molar-refractivity contribution in [2.24, 2.45) is 0 Å². The Bertz CT molecular complexity index is 1120. The number of anilines is 1. The molecule has 0 spiro atoms. The van der Waals surface area contributed by atoms with Gasteiger partial charge in [-0.3, -0.25) is 24.2 Å². The van der Waals surface area contributed by atoms with Gasteiger partial charge in [-0.2, -0.15) is 0 Å². The van der Waals surface area contributed by atoms with Crippen molar-refractivity contribution in [3.8, 4) is 5.75 Å². The first kappa shape index (κ1) is 23.2. The van der Waals surface area contributed by atoms with Crippen LogP contribution in [0.1, 0.15) is 58.9 Å². The molecular weight excluding hydrogens is 428 g/mol. The van der Waals surface area contributed by atoms with Gasteiger partial charge in [-0.15, -0.1) is 0 Å². The Morgan fingerprint density at radius 2 is 1.44 bits per heavy atom. The number of hydrogen-bond acceptors (Lipinski definition) is 4. The maximum Gasteiger partial charge on any atom is 0.263 e. The molecule has 0 radical (unpaired) electrons. The summed E-state index contributed by atoms with van der Waals surface area (Å²) >= 11 is 0. The first-order valence-electron chi connectivity index (χ1n) is 11.6. The summed E-state index contributed by atoms with van der Waals surface area (Å²) in [5.74, 6) is -0.209. The predicted molar refractivity (Wildman–Crippen MR) is 131 cm³/mol. The largest absolute Gasteiger partial charge is 0.489 e. The Kier molecular flexibility index (Phi) is 7.38. The highest BCUT2D eigenvalue weighted by Crippen LogP contribution is 2.26. The summed E-state index contributed by atoms with van der Waals surface area (Å²) in [4.78, 5) is 41.5. The van der Waals surface area contributed by atoms with Gasteiger partial charge < -0.3 is 4.74 Å². The zero-order chi connectivity index (χ0) is 23.9. The average Bonchev–Trinajstić information content (AvgIpc) is 3.12. The number of amides is 3. The second kappa shape index (κ2) is 10.8. The number of imide groups is 1. The van der Waals surface area contributed by atoms with Gasteiger partial charge in [0, 0.05) is 12.1 Å². The minimum atomic E-state index is -0.380. The molecule has 3 aromatic carbocycles. The molecule has 0 atom stereocenters. The molecule has 0 saturated carbocycles. The second-order valence-corrected chi connectivity index (χ2v) is 8.27. The van der Waals surface area contributed by atoms with Crippen LogP contribution in [0.2, 0.25) is 0 Å². The fraction of sp³-hybridized carbons (Fsp3) is 0.250. The van der Waals surface area contributed by atoms with E-state index < -0.39 is 0 Å². The summed E-state index contributed by atoms with van der Waals surface area (Å²) in [7, 11) is 0. The summed E-state index contributed by atoms with van der Waals surface area (Å²) in [6.07, 6.45) is 3.05. The lowest BCUT2D eigenvalue weighted by Crippen LogP contribution is -2.44. The molecule has 0 N–H and O–H groups in total. The lowest BCUT2D eigenvalue weighted by atomic mass is 10.1. The number of carbonyl (C=O) groups is 3. The van der Waals surface area contributed by atoms with Crippen molar-refractivity contribution in [3.05, 3.63) is 95.6 Å². The van der Waals surface area contributed by atoms with Crippen molar-refractivity contribution in [3.63, 3.8) is 0 Å². The monoisotopic (exact) mass is 456 g/mol. The molecule has 1 aliphatic heterocycles. The van der Waals surface area contributed by atoms with Gasteiger partial charge in [0.25, 0.3) is 11.8 Å². The lowest BCUT2D eigenvalue weighted by molar-refractivity contribution is -0.119. The zero-order valence-corrected chi connectivity index (χ0v) is 19.3. The first-order valence-corrected chi connectivity index (χ1v) is 11.6. The molecular formula is C28H28N2O4. The van der Waals surface area contributed by atoms with Gasteiger partial charge in [0.2, 0.25) is 5.91 Å². The van der Waals surface area contributed by atoms with Crippen LogP contribution >= 0.6 is 0 Å². The van der Waals surface area contributed by atoms with E-state index in [1.807, 2.05) is 30.3 Å². The van der Waals surface area contributed by atoms with Crippen LogP contribution in [-0.2, 0) is 11.4 Å². The highest BCUT2D eigenvalue weighted by Gasteiger charge is 2.37. The van der Waals surface area contributed by atoms with Crippen LogP contribution in [0, 0.1) is 0 Å². The third-order valence-electron chi connectivity index (χ3n) is 5.85. The topological polar surface area (TPSA) is 66.9 Å². The maximum absolute atomic E-state index is 13.1. The second-order valence-electron chi connectivity index (χ2n) is 8.27. The number of fused-ring (bicyclic) bond motifs is 1. The molecule has 4 rings (SSSR count). The fourth-order valence-corrected chi connectivity index (χ4v) is 3.94. The van der Waals surface area contributed by atoms with E-state index in [-0.39, 0.29) is 24.4 Å². The first-order chi connectivity index (χ1) is 16.6. The number of hydrogen-bond donors (Lipinski definition) is 0. The molecule has 0 unspecified atom stereocenters. The molecule has 0 bridgehead atoms. The minimum absolute atomic E-state index is 0.122. The summed E-state index contributed by atoms with van der Waals surface area (Å²) < 4.78 is 5.85. The summed E-state index contributed by atoms with van der Waals surface area (Å²) in [5.41, 5.74) is 2.42. The Labute approximate surface area is 199 Å². The van der Waals surface area contributed by atoms with Gasteiger partial charge in [-0.05, 0) is 48.4 Å².